The van der Waals surface area contributed by atoms with E-state index in [0.29, 0.717) is 18.8 Å². The van der Waals surface area contributed by atoms with Gasteiger partial charge in [-0.05, 0) is 24.6 Å². The van der Waals surface area contributed by atoms with Gasteiger partial charge in [-0.25, -0.2) is 4.98 Å². The van der Waals surface area contributed by atoms with Crippen LogP contribution in [0, 0.1) is 0 Å². The number of amides is 1. The molecule has 0 unspecified atom stereocenters. The SMILES string of the molecule is C[C@@H](NC(=O)c1cn(CCN)cn1)c1ccncc1. The molecule has 100 valence electrons. The van der Waals surface area contributed by atoms with Crippen molar-refractivity contribution in [3.8, 4) is 0 Å². The predicted molar refractivity (Wildman–Crippen MR) is 71.4 cm³/mol. The highest BCUT2D eigenvalue weighted by Gasteiger charge is 2.13. The summed E-state index contributed by atoms with van der Waals surface area (Å²) in [5, 5.41) is 2.89. The van der Waals surface area contributed by atoms with Gasteiger partial charge in [-0.15, -0.1) is 0 Å². The summed E-state index contributed by atoms with van der Waals surface area (Å²) in [6.45, 7) is 3.09. The Bertz CT molecular complexity index is 537. The van der Waals surface area contributed by atoms with Crippen LogP contribution in [0.25, 0.3) is 0 Å². The monoisotopic (exact) mass is 259 g/mol. The van der Waals surface area contributed by atoms with E-state index in [2.05, 4.69) is 15.3 Å². The Morgan fingerprint density at radius 3 is 2.89 bits per heavy atom. The molecule has 0 aliphatic heterocycles. The van der Waals surface area contributed by atoms with Crippen LogP contribution in [-0.2, 0) is 6.54 Å². The number of nitrogens with one attached hydrogen (secondary N) is 1. The van der Waals surface area contributed by atoms with E-state index in [9.17, 15) is 4.79 Å². The lowest BCUT2D eigenvalue weighted by molar-refractivity contribution is 0.0935. The molecular formula is C13H17N5O. The normalized spacial score (nSPS) is 12.1. The summed E-state index contributed by atoms with van der Waals surface area (Å²) in [6, 6.07) is 3.66. The number of hydrogen-bond acceptors (Lipinski definition) is 4. The molecule has 2 rings (SSSR count). The lowest BCUT2D eigenvalue weighted by Crippen LogP contribution is -2.26. The van der Waals surface area contributed by atoms with Gasteiger partial charge in [0.2, 0.25) is 0 Å². The van der Waals surface area contributed by atoms with Crippen molar-refractivity contribution in [2.24, 2.45) is 5.73 Å². The Morgan fingerprint density at radius 1 is 1.47 bits per heavy atom. The number of rotatable bonds is 5. The molecule has 0 aromatic carbocycles. The quantitative estimate of drug-likeness (QED) is 0.828. The molecule has 1 atom stereocenters. The Labute approximate surface area is 111 Å². The van der Waals surface area contributed by atoms with Crippen molar-refractivity contribution in [1.82, 2.24) is 19.9 Å². The van der Waals surface area contributed by atoms with Gasteiger partial charge in [0.15, 0.2) is 0 Å². The number of carbonyl (C=O) groups is 1. The molecule has 19 heavy (non-hydrogen) atoms. The number of pyridine rings is 1. The first-order valence-electron chi connectivity index (χ1n) is 6.13. The zero-order valence-corrected chi connectivity index (χ0v) is 10.8. The molecular weight excluding hydrogens is 242 g/mol. The third-order valence-corrected chi connectivity index (χ3v) is 2.81. The maximum absolute atomic E-state index is 12.0. The number of hydrogen-bond donors (Lipinski definition) is 2. The molecule has 2 aromatic heterocycles. The first-order chi connectivity index (χ1) is 9.20. The van der Waals surface area contributed by atoms with E-state index in [1.807, 2.05) is 19.1 Å². The fourth-order valence-corrected chi connectivity index (χ4v) is 1.75. The van der Waals surface area contributed by atoms with Crippen molar-refractivity contribution in [1.29, 1.82) is 0 Å². The topological polar surface area (TPSA) is 85.8 Å². The number of nitrogens with zero attached hydrogens (tertiary/aromatic N) is 3. The highest BCUT2D eigenvalue weighted by atomic mass is 16.1. The smallest absolute Gasteiger partial charge is 0.271 e. The largest absolute Gasteiger partial charge is 0.344 e. The molecule has 0 saturated carbocycles. The molecule has 2 heterocycles. The maximum Gasteiger partial charge on any atom is 0.271 e. The van der Waals surface area contributed by atoms with Gasteiger partial charge in [-0.3, -0.25) is 9.78 Å². The van der Waals surface area contributed by atoms with Gasteiger partial charge in [0.25, 0.3) is 5.91 Å². The molecule has 6 nitrogen and oxygen atoms in total. The average Bonchev–Trinajstić information content (AvgIpc) is 2.89. The first kappa shape index (κ1) is 13.2. The second-order valence-corrected chi connectivity index (χ2v) is 4.26. The van der Waals surface area contributed by atoms with E-state index in [1.165, 1.54) is 0 Å². The zero-order chi connectivity index (χ0) is 13.7. The summed E-state index contributed by atoms with van der Waals surface area (Å²) in [5.41, 5.74) is 6.85. The zero-order valence-electron chi connectivity index (χ0n) is 10.8. The van der Waals surface area contributed by atoms with Crippen LogP contribution in [0.4, 0.5) is 0 Å². The fraction of sp³-hybridized carbons (Fsp3) is 0.308. The van der Waals surface area contributed by atoms with Gasteiger partial charge in [-0.1, -0.05) is 0 Å². The summed E-state index contributed by atoms with van der Waals surface area (Å²) < 4.78 is 1.80. The van der Waals surface area contributed by atoms with Crippen molar-refractivity contribution >= 4 is 5.91 Å². The van der Waals surface area contributed by atoms with Crippen molar-refractivity contribution < 1.29 is 4.79 Å². The van der Waals surface area contributed by atoms with Crippen molar-refractivity contribution in [3.05, 3.63) is 48.3 Å². The van der Waals surface area contributed by atoms with Gasteiger partial charge >= 0.3 is 0 Å². The highest BCUT2D eigenvalue weighted by molar-refractivity contribution is 5.92. The first-order valence-corrected chi connectivity index (χ1v) is 6.13. The van der Waals surface area contributed by atoms with Crippen LogP contribution in [0.3, 0.4) is 0 Å². The number of aromatic nitrogens is 3. The Balaban J connectivity index is 2.00. The minimum Gasteiger partial charge on any atom is -0.344 e. The Morgan fingerprint density at radius 2 is 2.21 bits per heavy atom. The highest BCUT2D eigenvalue weighted by Crippen LogP contribution is 2.11. The molecule has 0 fully saturated rings. The molecule has 0 radical (unpaired) electrons. The summed E-state index contributed by atoms with van der Waals surface area (Å²) in [7, 11) is 0. The fourth-order valence-electron chi connectivity index (χ4n) is 1.75. The van der Waals surface area contributed by atoms with E-state index in [0.717, 1.165) is 5.56 Å². The maximum atomic E-state index is 12.0. The third-order valence-electron chi connectivity index (χ3n) is 2.81. The van der Waals surface area contributed by atoms with Gasteiger partial charge in [0.1, 0.15) is 5.69 Å². The van der Waals surface area contributed by atoms with Crippen molar-refractivity contribution in [2.45, 2.75) is 19.5 Å². The summed E-state index contributed by atoms with van der Waals surface area (Å²) in [5.74, 6) is -0.194. The van der Waals surface area contributed by atoms with E-state index in [4.69, 9.17) is 5.73 Å². The van der Waals surface area contributed by atoms with Crippen LogP contribution in [0.5, 0.6) is 0 Å². The summed E-state index contributed by atoms with van der Waals surface area (Å²) >= 11 is 0. The van der Waals surface area contributed by atoms with Crippen LogP contribution < -0.4 is 11.1 Å². The second kappa shape index (κ2) is 6.10. The number of imidazole rings is 1. The predicted octanol–water partition coefficient (Wildman–Crippen LogP) is 0.728. The molecule has 0 aliphatic rings. The van der Waals surface area contributed by atoms with E-state index in [1.54, 1.807) is 29.5 Å². The minimum absolute atomic E-state index is 0.0878. The van der Waals surface area contributed by atoms with Gasteiger partial charge in [0.05, 0.1) is 12.4 Å². The molecule has 0 spiro atoms. The molecule has 0 bridgehead atoms. The van der Waals surface area contributed by atoms with Gasteiger partial charge in [0, 0.05) is 31.7 Å². The van der Waals surface area contributed by atoms with Crippen molar-refractivity contribution in [2.75, 3.05) is 6.54 Å². The van der Waals surface area contributed by atoms with E-state index in [-0.39, 0.29) is 11.9 Å². The molecule has 6 heteroatoms. The lowest BCUT2D eigenvalue weighted by Gasteiger charge is -2.12. The Kier molecular flexibility index (Phi) is 4.25. The van der Waals surface area contributed by atoms with Crippen LogP contribution in [-0.4, -0.2) is 27.0 Å². The second-order valence-electron chi connectivity index (χ2n) is 4.26. The molecule has 3 N–H and O–H groups in total. The van der Waals surface area contributed by atoms with Crippen LogP contribution in [0.2, 0.25) is 0 Å². The van der Waals surface area contributed by atoms with Crippen molar-refractivity contribution in [3.63, 3.8) is 0 Å². The standard InChI is InChI=1S/C13H17N5O/c1-10(11-2-5-15-6-3-11)17-13(19)12-8-18(7-4-14)9-16-12/h2-3,5-6,8-10H,4,7,14H2,1H3,(H,17,19)/t10-/m1/s1. The third kappa shape index (κ3) is 3.38. The van der Waals surface area contributed by atoms with Gasteiger partial charge < -0.3 is 15.6 Å². The summed E-state index contributed by atoms with van der Waals surface area (Å²) in [6.07, 6.45) is 6.71. The minimum atomic E-state index is -0.194. The molecule has 0 saturated heterocycles. The van der Waals surface area contributed by atoms with Crippen LogP contribution in [0.1, 0.15) is 29.0 Å². The van der Waals surface area contributed by atoms with Crippen LogP contribution >= 0.6 is 0 Å². The Hall–Kier alpha value is -2.21. The van der Waals surface area contributed by atoms with Crippen LogP contribution in [0.15, 0.2) is 37.1 Å². The lowest BCUT2D eigenvalue weighted by atomic mass is 10.1. The number of nitrogens with two attached hydrogens (primary N) is 1. The molecule has 0 aliphatic carbocycles. The molecule has 2 aromatic rings. The van der Waals surface area contributed by atoms with E-state index >= 15 is 0 Å². The van der Waals surface area contributed by atoms with Gasteiger partial charge in [-0.2, -0.15) is 0 Å². The molecule has 1 amide bonds. The summed E-state index contributed by atoms with van der Waals surface area (Å²) in [4.78, 5) is 20.0. The average molecular weight is 259 g/mol. The van der Waals surface area contributed by atoms with E-state index < -0.39 is 0 Å². The number of carbonyl (C=O) groups excluding carboxylic acids is 1.